The number of anilines is 2. The van der Waals surface area contributed by atoms with Crippen molar-refractivity contribution in [2.75, 3.05) is 23.4 Å². The monoisotopic (exact) mass is 368 g/mol. The largest absolute Gasteiger partial charge is 0.469 e. The van der Waals surface area contributed by atoms with E-state index in [9.17, 15) is 14.4 Å². The Labute approximate surface area is 156 Å². The van der Waals surface area contributed by atoms with Crippen molar-refractivity contribution < 1.29 is 23.5 Å². The van der Waals surface area contributed by atoms with E-state index in [4.69, 9.17) is 9.15 Å². The molecular weight excluding hydrogens is 348 g/mol. The SMILES string of the molecule is O=C(COC(=O)[C@@H]1C[C@H]1c1ccco1)Nc1cccc(N2CCCC2=O)c1. The van der Waals surface area contributed by atoms with Crippen LogP contribution in [0.3, 0.4) is 0 Å². The number of carbonyl (C=O) groups excluding carboxylic acids is 3. The van der Waals surface area contributed by atoms with E-state index < -0.39 is 5.91 Å². The Bertz CT molecular complexity index is 861. The molecule has 1 aromatic heterocycles. The molecule has 7 nitrogen and oxygen atoms in total. The number of ether oxygens (including phenoxy) is 1. The van der Waals surface area contributed by atoms with Gasteiger partial charge in [-0.2, -0.15) is 0 Å². The Morgan fingerprint density at radius 3 is 2.89 bits per heavy atom. The van der Waals surface area contributed by atoms with E-state index in [2.05, 4.69) is 5.32 Å². The van der Waals surface area contributed by atoms with Gasteiger partial charge in [0.25, 0.3) is 5.91 Å². The fourth-order valence-corrected chi connectivity index (χ4v) is 3.39. The van der Waals surface area contributed by atoms with Crippen molar-refractivity contribution in [2.24, 2.45) is 5.92 Å². The third-order valence-corrected chi connectivity index (χ3v) is 4.86. The van der Waals surface area contributed by atoms with Gasteiger partial charge in [0.15, 0.2) is 6.61 Å². The molecular formula is C20H20N2O5. The zero-order valence-electron chi connectivity index (χ0n) is 14.7. The molecule has 0 unspecified atom stereocenters. The molecule has 27 heavy (non-hydrogen) atoms. The summed E-state index contributed by atoms with van der Waals surface area (Å²) in [6.45, 7) is 0.346. The first-order chi connectivity index (χ1) is 13.1. The molecule has 0 bridgehead atoms. The minimum absolute atomic E-state index is 0.0465. The predicted molar refractivity (Wildman–Crippen MR) is 97.2 cm³/mol. The molecule has 1 aromatic carbocycles. The fraction of sp³-hybridized carbons (Fsp3) is 0.350. The molecule has 2 amide bonds. The summed E-state index contributed by atoms with van der Waals surface area (Å²) >= 11 is 0. The molecule has 2 heterocycles. The summed E-state index contributed by atoms with van der Waals surface area (Å²) in [7, 11) is 0. The zero-order valence-corrected chi connectivity index (χ0v) is 14.7. The van der Waals surface area contributed by atoms with Crippen LogP contribution in [-0.4, -0.2) is 30.9 Å². The topological polar surface area (TPSA) is 88.8 Å². The first-order valence-electron chi connectivity index (χ1n) is 9.02. The van der Waals surface area contributed by atoms with Crippen LogP contribution in [0.1, 0.15) is 30.9 Å². The van der Waals surface area contributed by atoms with Gasteiger partial charge in [0.1, 0.15) is 5.76 Å². The number of hydrogen-bond donors (Lipinski definition) is 1. The molecule has 140 valence electrons. The van der Waals surface area contributed by atoms with E-state index in [0.29, 0.717) is 25.1 Å². The number of carbonyl (C=O) groups is 3. The summed E-state index contributed by atoms with van der Waals surface area (Å²) < 4.78 is 10.4. The molecule has 2 aromatic rings. The number of amides is 2. The Balaban J connectivity index is 1.27. The summed E-state index contributed by atoms with van der Waals surface area (Å²) in [6, 6.07) is 10.7. The molecule has 1 saturated carbocycles. The Kier molecular flexibility index (Phi) is 4.66. The number of furan rings is 1. The van der Waals surface area contributed by atoms with Crippen molar-refractivity contribution in [1.82, 2.24) is 0 Å². The van der Waals surface area contributed by atoms with Gasteiger partial charge in [0.2, 0.25) is 5.91 Å². The average molecular weight is 368 g/mol. The van der Waals surface area contributed by atoms with Crippen LogP contribution in [0.5, 0.6) is 0 Å². The summed E-state index contributed by atoms with van der Waals surface area (Å²) in [5.74, 6) is -0.136. The van der Waals surface area contributed by atoms with Crippen molar-refractivity contribution >= 4 is 29.2 Å². The van der Waals surface area contributed by atoms with Crippen molar-refractivity contribution in [1.29, 1.82) is 0 Å². The maximum Gasteiger partial charge on any atom is 0.310 e. The van der Waals surface area contributed by atoms with Crippen molar-refractivity contribution in [3.8, 4) is 0 Å². The molecule has 7 heteroatoms. The molecule has 2 fully saturated rings. The van der Waals surface area contributed by atoms with Crippen LogP contribution in [0.15, 0.2) is 47.1 Å². The second-order valence-electron chi connectivity index (χ2n) is 6.82. The lowest BCUT2D eigenvalue weighted by molar-refractivity contribution is -0.148. The maximum absolute atomic E-state index is 12.1. The maximum atomic E-state index is 12.1. The molecule has 2 atom stereocenters. The van der Waals surface area contributed by atoms with Gasteiger partial charge in [-0.15, -0.1) is 0 Å². The lowest BCUT2D eigenvalue weighted by Gasteiger charge is -2.16. The lowest BCUT2D eigenvalue weighted by atomic mass is 10.2. The number of nitrogens with one attached hydrogen (secondary N) is 1. The van der Waals surface area contributed by atoms with Crippen LogP contribution in [0.4, 0.5) is 11.4 Å². The highest BCUT2D eigenvalue weighted by Gasteiger charge is 2.47. The summed E-state index contributed by atoms with van der Waals surface area (Å²) in [5, 5.41) is 2.70. The number of hydrogen-bond acceptors (Lipinski definition) is 5. The van der Waals surface area contributed by atoms with Gasteiger partial charge >= 0.3 is 5.97 Å². The highest BCUT2D eigenvalue weighted by molar-refractivity contribution is 5.97. The van der Waals surface area contributed by atoms with Gasteiger partial charge in [-0.25, -0.2) is 0 Å². The zero-order chi connectivity index (χ0) is 18.8. The molecule has 1 saturated heterocycles. The predicted octanol–water partition coefficient (Wildman–Crippen LogP) is 2.69. The van der Waals surface area contributed by atoms with Gasteiger partial charge < -0.3 is 19.4 Å². The summed E-state index contributed by atoms with van der Waals surface area (Å²) in [5.41, 5.74) is 1.32. The van der Waals surface area contributed by atoms with Crippen LogP contribution in [-0.2, 0) is 19.1 Å². The van der Waals surface area contributed by atoms with Crippen molar-refractivity contribution in [3.63, 3.8) is 0 Å². The van der Waals surface area contributed by atoms with Gasteiger partial charge in [-0.05, 0) is 43.2 Å². The Hall–Kier alpha value is -3.09. The number of esters is 1. The quantitative estimate of drug-likeness (QED) is 0.792. The first kappa shape index (κ1) is 17.3. The third kappa shape index (κ3) is 3.86. The van der Waals surface area contributed by atoms with Gasteiger partial charge in [-0.1, -0.05) is 6.07 Å². The van der Waals surface area contributed by atoms with Crippen LogP contribution in [0, 0.1) is 5.92 Å². The highest BCUT2D eigenvalue weighted by atomic mass is 16.5. The third-order valence-electron chi connectivity index (χ3n) is 4.86. The molecule has 0 radical (unpaired) electrons. The molecule has 1 aliphatic heterocycles. The summed E-state index contributed by atoms with van der Waals surface area (Å²) in [6.07, 6.45) is 3.64. The molecule has 1 N–H and O–H groups in total. The lowest BCUT2D eigenvalue weighted by Crippen LogP contribution is -2.24. The number of nitrogens with zero attached hydrogens (tertiary/aromatic N) is 1. The second kappa shape index (κ2) is 7.26. The van der Waals surface area contributed by atoms with Gasteiger partial charge in [-0.3, -0.25) is 14.4 Å². The first-order valence-corrected chi connectivity index (χ1v) is 9.02. The van der Waals surface area contributed by atoms with E-state index in [1.807, 2.05) is 12.1 Å². The van der Waals surface area contributed by atoms with Gasteiger partial charge in [0.05, 0.1) is 12.2 Å². The fourth-order valence-electron chi connectivity index (χ4n) is 3.39. The van der Waals surface area contributed by atoms with E-state index >= 15 is 0 Å². The molecule has 4 rings (SSSR count). The standard InChI is InChI=1S/C20H20N2O5/c23-18(12-27-20(25)16-11-15(16)17-6-3-9-26-17)21-13-4-1-5-14(10-13)22-8-2-7-19(22)24/h1,3-6,9-10,15-16H,2,7-8,11-12H2,(H,21,23)/t15-,16-/m1/s1. The molecule has 1 aliphatic carbocycles. The van der Waals surface area contributed by atoms with Crippen LogP contribution >= 0.6 is 0 Å². The van der Waals surface area contributed by atoms with E-state index in [1.54, 1.807) is 35.4 Å². The highest BCUT2D eigenvalue weighted by Crippen LogP contribution is 2.48. The number of benzene rings is 1. The molecule has 2 aliphatic rings. The number of rotatable bonds is 6. The second-order valence-corrected chi connectivity index (χ2v) is 6.82. The van der Waals surface area contributed by atoms with Crippen molar-refractivity contribution in [2.45, 2.75) is 25.2 Å². The minimum Gasteiger partial charge on any atom is -0.469 e. The Morgan fingerprint density at radius 1 is 1.26 bits per heavy atom. The van der Waals surface area contributed by atoms with E-state index in [1.165, 1.54) is 0 Å². The van der Waals surface area contributed by atoms with Gasteiger partial charge in [0, 0.05) is 30.3 Å². The smallest absolute Gasteiger partial charge is 0.310 e. The minimum atomic E-state index is -0.413. The van der Waals surface area contributed by atoms with E-state index in [-0.39, 0.29) is 30.3 Å². The van der Waals surface area contributed by atoms with Crippen LogP contribution in [0.2, 0.25) is 0 Å². The summed E-state index contributed by atoms with van der Waals surface area (Å²) in [4.78, 5) is 37.7. The van der Waals surface area contributed by atoms with Crippen LogP contribution < -0.4 is 10.2 Å². The normalized spacial score (nSPS) is 21.2. The average Bonchev–Trinajstić information content (AvgIpc) is 3.06. The Morgan fingerprint density at radius 2 is 2.15 bits per heavy atom. The van der Waals surface area contributed by atoms with Crippen molar-refractivity contribution in [3.05, 3.63) is 48.4 Å². The van der Waals surface area contributed by atoms with Crippen LogP contribution in [0.25, 0.3) is 0 Å². The van der Waals surface area contributed by atoms with E-state index in [0.717, 1.165) is 17.9 Å². The molecule has 0 spiro atoms.